The Balaban J connectivity index is 1.59. The molecular weight excluding hydrogens is 456 g/mol. The molecule has 0 saturated carbocycles. The number of alkyl halides is 2. The van der Waals surface area contributed by atoms with E-state index in [4.69, 9.17) is 4.74 Å². The maximum absolute atomic E-state index is 14.1. The van der Waals surface area contributed by atoms with Crippen molar-refractivity contribution in [3.8, 4) is 16.9 Å². The molecule has 0 fully saturated rings. The van der Waals surface area contributed by atoms with Gasteiger partial charge in [-0.2, -0.15) is 0 Å². The molecule has 2 aromatic heterocycles. The Kier molecular flexibility index (Phi) is 5.49. The largest absolute Gasteiger partial charge is 0.493 e. The Labute approximate surface area is 189 Å². The number of benzene rings is 2. The van der Waals surface area contributed by atoms with Crippen molar-refractivity contribution in [3.63, 3.8) is 0 Å². The normalized spacial score (nSPS) is 15.4. The fraction of sp³-hybridized carbons (Fsp3) is 0.167. The highest BCUT2D eigenvalue weighted by atomic mass is 32.1. The summed E-state index contributed by atoms with van der Waals surface area (Å²) in [4.78, 5) is 17.0. The Hall–Kier alpha value is -3.46. The molecule has 1 atom stereocenters. The fourth-order valence-electron chi connectivity index (χ4n) is 4.03. The molecule has 0 spiro atoms. The van der Waals surface area contributed by atoms with E-state index < -0.39 is 35.6 Å². The molecule has 5 rings (SSSR count). The number of rotatable bonds is 4. The topological polar surface area (TPSA) is 51.2 Å². The SMILES string of the molecule is O=C(NC1CCOc2ccccc21)c1sc2c(-c3cc(F)cc(F)c3)ccnc2c1C(F)F. The van der Waals surface area contributed by atoms with Crippen LogP contribution in [0.5, 0.6) is 5.75 Å². The second-order valence-corrected chi connectivity index (χ2v) is 8.56. The lowest BCUT2D eigenvalue weighted by Crippen LogP contribution is -2.32. The summed E-state index contributed by atoms with van der Waals surface area (Å²) in [5.74, 6) is -1.61. The highest BCUT2D eigenvalue weighted by Crippen LogP contribution is 2.42. The third-order valence-corrected chi connectivity index (χ3v) is 6.70. The van der Waals surface area contributed by atoms with Crippen LogP contribution in [0.1, 0.15) is 39.7 Å². The van der Waals surface area contributed by atoms with Crippen LogP contribution >= 0.6 is 11.3 Å². The van der Waals surface area contributed by atoms with E-state index in [1.54, 1.807) is 6.07 Å². The van der Waals surface area contributed by atoms with Crippen LogP contribution in [0.3, 0.4) is 0 Å². The number of pyridine rings is 1. The molecule has 4 nitrogen and oxygen atoms in total. The van der Waals surface area contributed by atoms with Crippen LogP contribution in [-0.2, 0) is 0 Å². The maximum Gasteiger partial charge on any atom is 0.267 e. The number of fused-ring (bicyclic) bond motifs is 2. The van der Waals surface area contributed by atoms with Crippen LogP contribution in [0.4, 0.5) is 17.6 Å². The van der Waals surface area contributed by atoms with Crippen LogP contribution in [0, 0.1) is 11.6 Å². The van der Waals surface area contributed by atoms with Gasteiger partial charge in [-0.05, 0) is 29.8 Å². The number of carbonyl (C=O) groups excluding carboxylic acids is 1. The number of halogens is 4. The molecule has 1 amide bonds. The van der Waals surface area contributed by atoms with Crippen molar-refractivity contribution in [2.75, 3.05) is 6.61 Å². The first kappa shape index (κ1) is 21.4. The van der Waals surface area contributed by atoms with Gasteiger partial charge in [0.1, 0.15) is 22.3 Å². The second-order valence-electron chi connectivity index (χ2n) is 7.54. The Morgan fingerprint density at radius 1 is 1.12 bits per heavy atom. The number of nitrogens with one attached hydrogen (secondary N) is 1. The second kappa shape index (κ2) is 8.47. The molecule has 0 radical (unpaired) electrons. The number of hydrogen-bond acceptors (Lipinski definition) is 4. The van der Waals surface area contributed by atoms with Crippen molar-refractivity contribution in [1.82, 2.24) is 10.3 Å². The van der Waals surface area contributed by atoms with E-state index in [9.17, 15) is 22.4 Å². The zero-order valence-corrected chi connectivity index (χ0v) is 17.8. The first-order chi connectivity index (χ1) is 15.9. The van der Waals surface area contributed by atoms with Crippen molar-refractivity contribution in [3.05, 3.63) is 82.4 Å². The Bertz CT molecular complexity index is 1350. The number of aromatic nitrogens is 1. The van der Waals surface area contributed by atoms with E-state index >= 15 is 0 Å². The van der Waals surface area contributed by atoms with Crippen molar-refractivity contribution < 1.29 is 27.1 Å². The van der Waals surface area contributed by atoms with Gasteiger partial charge in [0, 0.05) is 29.8 Å². The summed E-state index contributed by atoms with van der Waals surface area (Å²) in [6.07, 6.45) is -1.19. The monoisotopic (exact) mass is 472 g/mol. The lowest BCUT2D eigenvalue weighted by Gasteiger charge is -2.26. The molecule has 1 aliphatic rings. The fourth-order valence-corrected chi connectivity index (χ4v) is 5.24. The summed E-state index contributed by atoms with van der Waals surface area (Å²) < 4.78 is 61.6. The van der Waals surface area contributed by atoms with Crippen molar-refractivity contribution in [2.24, 2.45) is 0 Å². The molecule has 2 aromatic carbocycles. The summed E-state index contributed by atoms with van der Waals surface area (Å²) in [7, 11) is 0. The predicted molar refractivity (Wildman–Crippen MR) is 117 cm³/mol. The van der Waals surface area contributed by atoms with E-state index in [2.05, 4.69) is 10.3 Å². The molecule has 1 N–H and O–H groups in total. The Morgan fingerprint density at radius 3 is 2.64 bits per heavy atom. The van der Waals surface area contributed by atoms with E-state index in [1.165, 1.54) is 12.3 Å². The van der Waals surface area contributed by atoms with E-state index in [-0.39, 0.29) is 20.7 Å². The number of amides is 1. The average molecular weight is 472 g/mol. The van der Waals surface area contributed by atoms with Gasteiger partial charge in [0.05, 0.1) is 28.4 Å². The molecule has 1 unspecified atom stereocenters. The third-order valence-electron chi connectivity index (χ3n) is 5.47. The predicted octanol–water partition coefficient (Wildman–Crippen LogP) is 6.43. The highest BCUT2D eigenvalue weighted by molar-refractivity contribution is 7.21. The molecule has 0 saturated heterocycles. The van der Waals surface area contributed by atoms with Gasteiger partial charge in [-0.15, -0.1) is 11.3 Å². The zero-order valence-electron chi connectivity index (χ0n) is 16.9. The minimum Gasteiger partial charge on any atom is -0.493 e. The third kappa shape index (κ3) is 3.93. The maximum atomic E-state index is 14.1. The van der Waals surface area contributed by atoms with Gasteiger partial charge in [0.15, 0.2) is 0 Å². The van der Waals surface area contributed by atoms with Crippen LogP contribution < -0.4 is 10.1 Å². The lowest BCUT2D eigenvalue weighted by atomic mass is 10.0. The number of thiophene rings is 1. The number of nitrogens with zero attached hydrogens (tertiary/aromatic N) is 1. The summed E-state index contributed by atoms with van der Waals surface area (Å²) in [6.45, 7) is 0.382. The molecule has 1 aliphatic heterocycles. The van der Waals surface area contributed by atoms with Gasteiger partial charge in [0.25, 0.3) is 12.3 Å². The first-order valence-electron chi connectivity index (χ1n) is 10.1. The summed E-state index contributed by atoms with van der Waals surface area (Å²) in [5, 5.41) is 2.84. The van der Waals surface area contributed by atoms with Gasteiger partial charge in [-0.3, -0.25) is 9.78 Å². The van der Waals surface area contributed by atoms with Crippen LogP contribution in [0.2, 0.25) is 0 Å². The van der Waals surface area contributed by atoms with Gasteiger partial charge < -0.3 is 10.1 Å². The van der Waals surface area contributed by atoms with Crippen molar-refractivity contribution in [1.29, 1.82) is 0 Å². The molecule has 9 heteroatoms. The smallest absolute Gasteiger partial charge is 0.267 e. The quantitative estimate of drug-likeness (QED) is 0.348. The number of para-hydroxylation sites is 1. The highest BCUT2D eigenvalue weighted by Gasteiger charge is 2.30. The van der Waals surface area contributed by atoms with Gasteiger partial charge in [-0.1, -0.05) is 18.2 Å². The zero-order chi connectivity index (χ0) is 23.1. The minimum atomic E-state index is -2.96. The Morgan fingerprint density at radius 2 is 1.88 bits per heavy atom. The van der Waals surface area contributed by atoms with E-state index in [1.807, 2.05) is 18.2 Å². The molecule has 4 aromatic rings. The molecule has 33 heavy (non-hydrogen) atoms. The number of hydrogen-bond donors (Lipinski definition) is 1. The van der Waals surface area contributed by atoms with Gasteiger partial charge in [0.2, 0.25) is 0 Å². The molecule has 168 valence electrons. The summed E-state index contributed by atoms with van der Waals surface area (Å²) in [5.41, 5.74) is 0.708. The standard InChI is InChI=1S/C24H16F4N2O2S/c25-13-9-12(10-14(26)11-13)15-5-7-29-20-19(23(27)28)22(33-21(15)20)24(31)30-17-6-8-32-18-4-2-1-3-16(17)18/h1-5,7,9-11,17,23H,6,8H2,(H,30,31). The van der Waals surface area contributed by atoms with Crippen LogP contribution in [-0.4, -0.2) is 17.5 Å². The summed E-state index contributed by atoms with van der Waals surface area (Å²) in [6, 6.07) is 11.3. The summed E-state index contributed by atoms with van der Waals surface area (Å²) >= 11 is 0.833. The van der Waals surface area contributed by atoms with Gasteiger partial charge in [-0.25, -0.2) is 17.6 Å². The van der Waals surface area contributed by atoms with E-state index in [0.717, 1.165) is 35.1 Å². The molecule has 3 heterocycles. The molecule has 0 bridgehead atoms. The van der Waals surface area contributed by atoms with E-state index in [0.29, 0.717) is 24.3 Å². The van der Waals surface area contributed by atoms with Crippen LogP contribution in [0.15, 0.2) is 54.7 Å². The van der Waals surface area contributed by atoms with Crippen molar-refractivity contribution >= 4 is 27.5 Å². The first-order valence-corrected chi connectivity index (χ1v) is 10.9. The molecular formula is C24H16F4N2O2S. The average Bonchev–Trinajstić information content (AvgIpc) is 3.19. The van der Waals surface area contributed by atoms with Crippen LogP contribution in [0.25, 0.3) is 21.3 Å². The lowest BCUT2D eigenvalue weighted by molar-refractivity contribution is 0.0917. The van der Waals surface area contributed by atoms with Crippen molar-refractivity contribution in [2.45, 2.75) is 18.9 Å². The minimum absolute atomic E-state index is 0.0605. The molecule has 0 aliphatic carbocycles. The number of carbonyl (C=O) groups is 1. The van der Waals surface area contributed by atoms with Gasteiger partial charge >= 0.3 is 0 Å². The number of ether oxygens (including phenoxy) is 1.